The van der Waals surface area contributed by atoms with Crippen LogP contribution in [0.4, 0.5) is 5.69 Å². The van der Waals surface area contributed by atoms with Gasteiger partial charge in [0, 0.05) is 56.1 Å². The summed E-state index contributed by atoms with van der Waals surface area (Å²) in [5, 5.41) is 3.39. The molecule has 0 radical (unpaired) electrons. The summed E-state index contributed by atoms with van der Waals surface area (Å²) >= 11 is 0. The molecule has 19 heavy (non-hydrogen) atoms. The Kier molecular flexibility index (Phi) is 3.62. The van der Waals surface area contributed by atoms with Gasteiger partial charge in [-0.1, -0.05) is 6.07 Å². The lowest BCUT2D eigenvalue weighted by atomic mass is 10.1. The van der Waals surface area contributed by atoms with Gasteiger partial charge in [0.15, 0.2) is 0 Å². The van der Waals surface area contributed by atoms with Crippen molar-refractivity contribution in [1.29, 1.82) is 0 Å². The monoisotopic (exact) mass is 261 g/mol. The molecule has 1 aromatic rings. The van der Waals surface area contributed by atoms with Gasteiger partial charge >= 0.3 is 0 Å². The van der Waals surface area contributed by atoms with Crippen molar-refractivity contribution in [2.24, 2.45) is 0 Å². The van der Waals surface area contributed by atoms with Gasteiger partial charge in [-0.25, -0.2) is 0 Å². The predicted molar refractivity (Wildman–Crippen MR) is 77.9 cm³/mol. The first-order valence-electron chi connectivity index (χ1n) is 7.15. The second-order valence-corrected chi connectivity index (χ2v) is 5.60. The third-order valence-electron chi connectivity index (χ3n) is 4.19. The number of piperazine rings is 1. The van der Waals surface area contributed by atoms with Crippen molar-refractivity contribution in [2.45, 2.75) is 19.5 Å². The van der Waals surface area contributed by atoms with E-state index < -0.39 is 0 Å². The van der Waals surface area contributed by atoms with Crippen LogP contribution in [0.15, 0.2) is 18.2 Å². The molecule has 3 rings (SSSR count). The average molecular weight is 261 g/mol. The molecule has 0 aromatic heterocycles. The minimum atomic E-state index is 0.468. The van der Waals surface area contributed by atoms with Crippen LogP contribution in [0.1, 0.15) is 12.5 Å². The summed E-state index contributed by atoms with van der Waals surface area (Å²) in [6.45, 7) is 8.25. The third-order valence-corrected chi connectivity index (χ3v) is 4.19. The molecule has 104 valence electrons. The zero-order valence-corrected chi connectivity index (χ0v) is 11.9. The van der Waals surface area contributed by atoms with Gasteiger partial charge in [-0.2, -0.15) is 0 Å². The van der Waals surface area contributed by atoms with Gasteiger partial charge in [-0.3, -0.25) is 4.90 Å². The van der Waals surface area contributed by atoms with Crippen LogP contribution in [0.25, 0.3) is 0 Å². The van der Waals surface area contributed by atoms with Crippen LogP contribution in [-0.2, 0) is 6.54 Å². The summed E-state index contributed by atoms with van der Waals surface area (Å²) < 4.78 is 5.98. The van der Waals surface area contributed by atoms with Crippen LogP contribution in [0.3, 0.4) is 0 Å². The quantitative estimate of drug-likeness (QED) is 0.825. The first-order chi connectivity index (χ1) is 9.24. The number of ether oxygens (including phenoxy) is 1. The zero-order chi connectivity index (χ0) is 13.2. The number of likely N-dealkylation sites (N-methyl/N-ethyl adjacent to an activating group) is 1. The normalized spacial score (nSPS) is 24.5. The highest BCUT2D eigenvalue weighted by Crippen LogP contribution is 2.29. The van der Waals surface area contributed by atoms with Gasteiger partial charge in [0.25, 0.3) is 0 Å². The molecule has 2 aliphatic rings. The number of rotatable bonds is 1. The Hall–Kier alpha value is -1.26. The number of nitrogens with one attached hydrogen (secondary N) is 1. The predicted octanol–water partition coefficient (Wildman–Crippen LogP) is 1.31. The lowest BCUT2D eigenvalue weighted by molar-refractivity contribution is 0.189. The lowest BCUT2D eigenvalue weighted by Gasteiger charge is -2.30. The van der Waals surface area contributed by atoms with Crippen molar-refractivity contribution in [3.8, 4) is 5.75 Å². The van der Waals surface area contributed by atoms with Gasteiger partial charge in [0.2, 0.25) is 0 Å². The Morgan fingerprint density at radius 3 is 2.84 bits per heavy atom. The molecule has 4 nitrogen and oxygen atoms in total. The van der Waals surface area contributed by atoms with E-state index in [1.54, 1.807) is 0 Å². The summed E-state index contributed by atoms with van der Waals surface area (Å²) in [6.07, 6.45) is 0. The molecule has 1 N–H and O–H groups in total. The van der Waals surface area contributed by atoms with Crippen LogP contribution in [0, 0.1) is 0 Å². The molecule has 2 aliphatic heterocycles. The van der Waals surface area contributed by atoms with Crippen molar-refractivity contribution in [1.82, 2.24) is 10.2 Å². The fraction of sp³-hybridized carbons (Fsp3) is 0.600. The maximum atomic E-state index is 5.98. The summed E-state index contributed by atoms with van der Waals surface area (Å²) in [5.74, 6) is 1.06. The molecule has 0 spiro atoms. The van der Waals surface area contributed by atoms with Gasteiger partial charge in [-0.05, 0) is 20.0 Å². The molecule has 0 saturated carbocycles. The topological polar surface area (TPSA) is 27.7 Å². The van der Waals surface area contributed by atoms with Crippen molar-refractivity contribution in [3.05, 3.63) is 23.8 Å². The second kappa shape index (κ2) is 5.39. The highest BCUT2D eigenvalue weighted by Gasteiger charge is 2.19. The number of hydrogen-bond donors (Lipinski definition) is 1. The smallest absolute Gasteiger partial charge is 0.125 e. The summed E-state index contributed by atoms with van der Waals surface area (Å²) in [4.78, 5) is 4.77. The van der Waals surface area contributed by atoms with E-state index in [-0.39, 0.29) is 0 Å². The molecular weight excluding hydrogens is 238 g/mol. The molecule has 0 amide bonds. The summed E-state index contributed by atoms with van der Waals surface area (Å²) in [7, 11) is 2.16. The van der Waals surface area contributed by atoms with Crippen LogP contribution in [0.2, 0.25) is 0 Å². The Morgan fingerprint density at radius 1 is 1.26 bits per heavy atom. The molecular formula is C15H23N3O. The van der Waals surface area contributed by atoms with E-state index in [0.29, 0.717) is 6.04 Å². The molecule has 0 aliphatic carbocycles. The van der Waals surface area contributed by atoms with E-state index >= 15 is 0 Å². The molecule has 1 aromatic carbocycles. The lowest BCUT2D eigenvalue weighted by Crippen LogP contribution is -2.43. The molecule has 4 heteroatoms. The van der Waals surface area contributed by atoms with Gasteiger partial charge in [-0.15, -0.1) is 0 Å². The number of hydrogen-bond acceptors (Lipinski definition) is 4. The maximum absolute atomic E-state index is 5.98. The zero-order valence-electron chi connectivity index (χ0n) is 11.9. The SMILES string of the molecule is CC1COc2cc(N3CCNCC3)ccc2CN1C. The molecule has 1 atom stereocenters. The Labute approximate surface area is 115 Å². The maximum Gasteiger partial charge on any atom is 0.125 e. The van der Waals surface area contributed by atoms with E-state index in [0.717, 1.165) is 45.1 Å². The van der Waals surface area contributed by atoms with E-state index in [2.05, 4.69) is 47.3 Å². The van der Waals surface area contributed by atoms with Crippen molar-refractivity contribution in [2.75, 3.05) is 44.7 Å². The molecule has 1 saturated heterocycles. The van der Waals surface area contributed by atoms with Crippen molar-refractivity contribution in [3.63, 3.8) is 0 Å². The van der Waals surface area contributed by atoms with Gasteiger partial charge < -0.3 is 15.0 Å². The van der Waals surface area contributed by atoms with Crippen LogP contribution < -0.4 is 15.0 Å². The molecule has 1 fully saturated rings. The van der Waals surface area contributed by atoms with E-state index in [1.165, 1.54) is 11.3 Å². The van der Waals surface area contributed by atoms with E-state index in [4.69, 9.17) is 4.74 Å². The third kappa shape index (κ3) is 2.69. The largest absolute Gasteiger partial charge is 0.492 e. The molecule has 2 heterocycles. The number of benzene rings is 1. The first-order valence-corrected chi connectivity index (χ1v) is 7.15. The minimum absolute atomic E-state index is 0.468. The second-order valence-electron chi connectivity index (χ2n) is 5.60. The first kappa shape index (κ1) is 12.8. The highest BCUT2D eigenvalue weighted by molar-refractivity contribution is 5.54. The van der Waals surface area contributed by atoms with Crippen LogP contribution >= 0.6 is 0 Å². The van der Waals surface area contributed by atoms with Crippen molar-refractivity contribution < 1.29 is 4.74 Å². The van der Waals surface area contributed by atoms with E-state index in [9.17, 15) is 0 Å². The average Bonchev–Trinajstić information content (AvgIpc) is 2.59. The number of nitrogens with zero attached hydrogens (tertiary/aromatic N) is 2. The Balaban J connectivity index is 1.83. The fourth-order valence-corrected chi connectivity index (χ4v) is 2.69. The summed E-state index contributed by atoms with van der Waals surface area (Å²) in [6, 6.07) is 7.14. The number of fused-ring (bicyclic) bond motifs is 1. The Bertz CT molecular complexity index is 443. The van der Waals surface area contributed by atoms with Crippen LogP contribution in [0.5, 0.6) is 5.75 Å². The van der Waals surface area contributed by atoms with Crippen molar-refractivity contribution >= 4 is 5.69 Å². The number of anilines is 1. The fourth-order valence-electron chi connectivity index (χ4n) is 2.69. The van der Waals surface area contributed by atoms with Gasteiger partial charge in [0.1, 0.15) is 12.4 Å². The summed E-state index contributed by atoms with van der Waals surface area (Å²) in [5.41, 5.74) is 2.59. The molecule has 0 bridgehead atoms. The minimum Gasteiger partial charge on any atom is -0.492 e. The molecule has 1 unspecified atom stereocenters. The Morgan fingerprint density at radius 2 is 2.05 bits per heavy atom. The van der Waals surface area contributed by atoms with Crippen LogP contribution in [-0.4, -0.2) is 50.8 Å². The standard InChI is InChI=1S/C15H23N3O/c1-12-11-19-15-9-14(18-7-5-16-6-8-18)4-3-13(15)10-17(12)2/h3-4,9,12,16H,5-8,10-11H2,1-2H3. The van der Waals surface area contributed by atoms with Gasteiger partial charge in [0.05, 0.1) is 0 Å². The van der Waals surface area contributed by atoms with E-state index in [1.807, 2.05) is 0 Å². The highest BCUT2D eigenvalue weighted by atomic mass is 16.5.